The molecule has 1 aliphatic heterocycles. The lowest BCUT2D eigenvalue weighted by Crippen LogP contribution is -2.43. The van der Waals surface area contributed by atoms with Gasteiger partial charge in [0.25, 0.3) is 0 Å². The van der Waals surface area contributed by atoms with Crippen LogP contribution in [0.15, 0.2) is 35.3 Å². The summed E-state index contributed by atoms with van der Waals surface area (Å²) < 4.78 is 0. The van der Waals surface area contributed by atoms with Crippen LogP contribution in [0.4, 0.5) is 0 Å². The minimum Gasteiger partial charge on any atom is -0.387 e. The minimum absolute atomic E-state index is 0.0935. The van der Waals surface area contributed by atoms with E-state index >= 15 is 0 Å². The zero-order valence-electron chi connectivity index (χ0n) is 9.57. The molecule has 1 heterocycles. The number of rotatable bonds is 2. The molecular weight excluding hydrogens is 234 g/mol. The van der Waals surface area contributed by atoms with E-state index in [4.69, 9.17) is 22.7 Å². The second-order valence-corrected chi connectivity index (χ2v) is 4.63. The fraction of sp³-hybridized carbons (Fsp3) is 0.231. The second kappa shape index (κ2) is 4.34. The third-order valence-electron chi connectivity index (χ3n) is 3.07. The van der Waals surface area contributed by atoms with Crippen molar-refractivity contribution in [1.29, 1.82) is 5.41 Å². The van der Waals surface area contributed by atoms with Gasteiger partial charge < -0.3 is 5.73 Å². The lowest BCUT2D eigenvalue weighted by atomic mass is 9.76. The first-order valence-corrected chi connectivity index (χ1v) is 5.73. The number of allylic oxidation sites excluding steroid dienone is 1. The van der Waals surface area contributed by atoms with E-state index in [9.17, 15) is 0 Å². The van der Waals surface area contributed by atoms with Gasteiger partial charge in [-0.15, -0.1) is 0 Å². The molecule has 0 spiro atoms. The average Bonchev–Trinajstić information content (AvgIpc) is 2.33. The number of aliphatic imine (C=N–C) groups is 1. The Hall–Kier alpha value is -1.61. The Morgan fingerprint density at radius 1 is 1.53 bits per heavy atom. The number of amidine groups is 1. The standard InChI is InChI=1S/C13H14ClN3/c1-9-3-4-10(14)7-11(9)13(12(15)16)5-2-6-17-8-13/h2-7H,8H2,1H3,(H3,15,16). The van der Waals surface area contributed by atoms with Gasteiger partial charge in [0.1, 0.15) is 5.84 Å². The van der Waals surface area contributed by atoms with Gasteiger partial charge in [-0.1, -0.05) is 23.7 Å². The van der Waals surface area contributed by atoms with Gasteiger partial charge in [-0.2, -0.15) is 0 Å². The number of aryl methyl sites for hydroxylation is 1. The normalized spacial score (nSPS) is 22.7. The van der Waals surface area contributed by atoms with Crippen LogP contribution in [0, 0.1) is 12.3 Å². The molecule has 88 valence electrons. The Bertz CT molecular complexity index is 519. The van der Waals surface area contributed by atoms with Crippen molar-refractivity contribution < 1.29 is 0 Å². The van der Waals surface area contributed by atoms with Crippen molar-refractivity contribution in [1.82, 2.24) is 0 Å². The fourth-order valence-electron chi connectivity index (χ4n) is 2.09. The SMILES string of the molecule is Cc1ccc(Cl)cc1C1(C(=N)N)C=CC=NC1. The molecule has 1 aromatic rings. The number of halogens is 1. The van der Waals surface area contributed by atoms with Crippen LogP contribution < -0.4 is 5.73 Å². The van der Waals surface area contributed by atoms with Gasteiger partial charge >= 0.3 is 0 Å². The van der Waals surface area contributed by atoms with Gasteiger partial charge in [-0.05, 0) is 36.3 Å². The molecule has 0 radical (unpaired) electrons. The Labute approximate surface area is 106 Å². The molecule has 0 saturated carbocycles. The van der Waals surface area contributed by atoms with E-state index in [1.807, 2.05) is 37.3 Å². The van der Waals surface area contributed by atoms with Gasteiger partial charge in [0.2, 0.25) is 0 Å². The minimum atomic E-state index is -0.649. The largest absolute Gasteiger partial charge is 0.387 e. The third-order valence-corrected chi connectivity index (χ3v) is 3.31. The van der Waals surface area contributed by atoms with Crippen molar-refractivity contribution in [2.45, 2.75) is 12.3 Å². The van der Waals surface area contributed by atoms with E-state index in [-0.39, 0.29) is 5.84 Å². The van der Waals surface area contributed by atoms with Gasteiger partial charge in [0.15, 0.2) is 0 Å². The molecular formula is C13H14ClN3. The summed E-state index contributed by atoms with van der Waals surface area (Å²) in [5.74, 6) is 0.0935. The number of nitrogens with one attached hydrogen (secondary N) is 1. The highest BCUT2D eigenvalue weighted by Crippen LogP contribution is 2.32. The first-order valence-electron chi connectivity index (χ1n) is 5.35. The monoisotopic (exact) mass is 247 g/mol. The number of nitrogens with two attached hydrogens (primary N) is 1. The maximum atomic E-state index is 7.85. The van der Waals surface area contributed by atoms with Crippen LogP contribution in [-0.2, 0) is 5.41 Å². The second-order valence-electron chi connectivity index (χ2n) is 4.19. The van der Waals surface area contributed by atoms with Gasteiger partial charge in [-0.25, -0.2) is 0 Å². The summed E-state index contributed by atoms with van der Waals surface area (Å²) in [6.07, 6.45) is 5.47. The van der Waals surface area contributed by atoms with Crippen LogP contribution in [0.2, 0.25) is 5.02 Å². The highest BCUT2D eigenvalue weighted by molar-refractivity contribution is 6.30. The van der Waals surface area contributed by atoms with E-state index in [2.05, 4.69) is 4.99 Å². The zero-order valence-corrected chi connectivity index (χ0v) is 10.3. The number of dihydropyridines is 1. The van der Waals surface area contributed by atoms with Crippen molar-refractivity contribution in [3.8, 4) is 0 Å². The van der Waals surface area contributed by atoms with E-state index in [0.29, 0.717) is 11.6 Å². The summed E-state index contributed by atoms with van der Waals surface area (Å²) in [6.45, 7) is 2.45. The van der Waals surface area contributed by atoms with Crippen LogP contribution in [0.3, 0.4) is 0 Å². The number of hydrogen-bond acceptors (Lipinski definition) is 2. The highest BCUT2D eigenvalue weighted by atomic mass is 35.5. The van der Waals surface area contributed by atoms with E-state index in [1.54, 1.807) is 6.21 Å². The molecule has 0 saturated heterocycles. The topological polar surface area (TPSA) is 62.2 Å². The highest BCUT2D eigenvalue weighted by Gasteiger charge is 2.35. The lowest BCUT2D eigenvalue weighted by molar-refractivity contribution is 0.704. The average molecular weight is 248 g/mol. The molecule has 0 fully saturated rings. The summed E-state index contributed by atoms with van der Waals surface area (Å²) >= 11 is 6.03. The van der Waals surface area contributed by atoms with Crippen LogP contribution >= 0.6 is 11.6 Å². The summed E-state index contributed by atoms with van der Waals surface area (Å²) in [5.41, 5.74) is 7.13. The predicted molar refractivity (Wildman–Crippen MR) is 72.3 cm³/mol. The lowest BCUT2D eigenvalue weighted by Gasteiger charge is -2.31. The summed E-state index contributed by atoms with van der Waals surface area (Å²) in [5, 5.41) is 8.50. The van der Waals surface area contributed by atoms with Gasteiger partial charge in [0, 0.05) is 11.2 Å². The summed E-state index contributed by atoms with van der Waals surface area (Å²) in [6, 6.07) is 5.64. The van der Waals surface area contributed by atoms with Crippen molar-refractivity contribution in [2.24, 2.45) is 10.7 Å². The molecule has 0 bridgehead atoms. The van der Waals surface area contributed by atoms with Crippen LogP contribution in [0.5, 0.6) is 0 Å². The van der Waals surface area contributed by atoms with E-state index in [1.165, 1.54) is 0 Å². The van der Waals surface area contributed by atoms with Crippen LogP contribution in [-0.4, -0.2) is 18.6 Å². The third kappa shape index (κ3) is 1.98. The molecule has 3 N–H and O–H groups in total. The Balaban J connectivity index is 2.61. The summed E-state index contributed by atoms with van der Waals surface area (Å²) in [4.78, 5) is 4.22. The van der Waals surface area contributed by atoms with Crippen LogP contribution in [0.1, 0.15) is 11.1 Å². The first-order chi connectivity index (χ1) is 8.06. The van der Waals surface area contributed by atoms with Gasteiger partial charge in [0.05, 0.1) is 12.0 Å². The molecule has 0 aliphatic carbocycles. The Kier molecular flexibility index (Phi) is 3.03. The molecule has 3 nitrogen and oxygen atoms in total. The molecule has 17 heavy (non-hydrogen) atoms. The van der Waals surface area contributed by atoms with Crippen LogP contribution in [0.25, 0.3) is 0 Å². The van der Waals surface area contributed by atoms with Gasteiger partial charge in [-0.3, -0.25) is 10.4 Å². The Morgan fingerprint density at radius 3 is 2.88 bits per heavy atom. The molecule has 1 aliphatic rings. The number of hydrogen-bond donors (Lipinski definition) is 2. The molecule has 2 rings (SSSR count). The van der Waals surface area contributed by atoms with Crippen molar-refractivity contribution >= 4 is 23.7 Å². The smallest absolute Gasteiger partial charge is 0.107 e. The van der Waals surface area contributed by atoms with E-state index in [0.717, 1.165) is 11.1 Å². The maximum Gasteiger partial charge on any atom is 0.107 e. The van der Waals surface area contributed by atoms with Crippen molar-refractivity contribution in [2.75, 3.05) is 6.54 Å². The van der Waals surface area contributed by atoms with Crippen molar-refractivity contribution in [3.63, 3.8) is 0 Å². The molecule has 0 amide bonds. The fourth-order valence-corrected chi connectivity index (χ4v) is 2.26. The van der Waals surface area contributed by atoms with Crippen molar-refractivity contribution in [3.05, 3.63) is 46.5 Å². The quantitative estimate of drug-likeness (QED) is 0.612. The Morgan fingerprint density at radius 2 is 2.29 bits per heavy atom. The molecule has 0 aromatic heterocycles. The zero-order chi connectivity index (χ0) is 12.5. The first kappa shape index (κ1) is 11.9. The molecule has 1 unspecified atom stereocenters. The molecule has 4 heteroatoms. The number of nitrogens with zero attached hydrogens (tertiary/aromatic N) is 1. The maximum absolute atomic E-state index is 7.85. The van der Waals surface area contributed by atoms with E-state index < -0.39 is 5.41 Å². The molecule has 1 atom stereocenters. The summed E-state index contributed by atoms with van der Waals surface area (Å²) in [7, 11) is 0. The predicted octanol–water partition coefficient (Wildman–Crippen LogP) is 2.46. The number of benzene rings is 1. The molecule has 1 aromatic carbocycles.